The summed E-state index contributed by atoms with van der Waals surface area (Å²) in [5, 5.41) is 20.8. The van der Waals surface area contributed by atoms with Gasteiger partial charge in [-0.2, -0.15) is 0 Å². The summed E-state index contributed by atoms with van der Waals surface area (Å²) in [6.07, 6.45) is -3.45. The van der Waals surface area contributed by atoms with Crippen LogP contribution in [0.2, 0.25) is 0 Å². The summed E-state index contributed by atoms with van der Waals surface area (Å²) < 4.78 is 11.7. The number of ether oxygens (including phenoxy) is 2. The predicted molar refractivity (Wildman–Crippen MR) is 160 cm³/mol. The van der Waals surface area contributed by atoms with E-state index in [1.54, 1.807) is 0 Å². The van der Waals surface area contributed by atoms with E-state index >= 15 is 0 Å². The number of carbonyl (C=O) groups excluding carboxylic acids is 2. The van der Waals surface area contributed by atoms with Crippen LogP contribution in [0.4, 0.5) is 4.79 Å². The van der Waals surface area contributed by atoms with Gasteiger partial charge >= 0.3 is 24.0 Å². The molecule has 0 saturated carbocycles. The van der Waals surface area contributed by atoms with E-state index in [4.69, 9.17) is 14.6 Å². The zero-order valence-corrected chi connectivity index (χ0v) is 23.5. The number of carboxylic acid groups (broad SMARTS) is 2. The third-order valence-electron chi connectivity index (χ3n) is 8.24. The molecule has 3 N–H and O–H groups in total. The number of carboxylic acids is 2. The molecule has 0 aliphatic heterocycles. The lowest BCUT2D eigenvalue weighted by Crippen LogP contribution is -2.45. The molecule has 1 unspecified atom stereocenters. The van der Waals surface area contributed by atoms with E-state index in [1.807, 2.05) is 97.1 Å². The van der Waals surface area contributed by atoms with Gasteiger partial charge in [0.1, 0.15) is 12.6 Å². The molecule has 2 aliphatic rings. The Kier molecular flexibility index (Phi) is 7.85. The van der Waals surface area contributed by atoms with E-state index in [0.29, 0.717) is 0 Å². The molecular formula is C35H29NO8. The standard InChI is InChI=1S/C35H29NO8/c37-30(38)18-17-29(33(39)40)36-35(42)44-32(31-26-15-7-5-11-22(26)23-12-6-8-16-27(23)31)34(41)43-19-28-24-13-3-1-9-20(24)21-10-2-4-14-25(21)28/h1-16,28-29,31-32H,17-19H2,(H,36,42)(H,37,38)(H,39,40)/t29-,32?/m0/s1. The maximum atomic E-state index is 14.0. The monoisotopic (exact) mass is 591 g/mol. The van der Waals surface area contributed by atoms with Gasteiger partial charge in [0, 0.05) is 12.3 Å². The highest BCUT2D eigenvalue weighted by Crippen LogP contribution is 2.48. The van der Waals surface area contributed by atoms with E-state index in [9.17, 15) is 24.3 Å². The van der Waals surface area contributed by atoms with Crippen molar-refractivity contribution < 1.29 is 38.9 Å². The third-order valence-corrected chi connectivity index (χ3v) is 8.24. The zero-order valence-electron chi connectivity index (χ0n) is 23.5. The van der Waals surface area contributed by atoms with Crippen LogP contribution >= 0.6 is 0 Å². The van der Waals surface area contributed by atoms with Gasteiger partial charge in [-0.25, -0.2) is 14.4 Å². The number of alkyl carbamates (subject to hydrolysis) is 1. The van der Waals surface area contributed by atoms with Gasteiger partial charge in [-0.3, -0.25) is 4.79 Å². The second kappa shape index (κ2) is 12.0. The molecule has 0 radical (unpaired) electrons. The Hall–Kier alpha value is -5.44. The van der Waals surface area contributed by atoms with E-state index < -0.39 is 48.5 Å². The number of hydrogen-bond acceptors (Lipinski definition) is 6. The zero-order chi connectivity index (χ0) is 30.8. The number of fused-ring (bicyclic) bond motifs is 6. The Labute approximate surface area is 253 Å². The molecule has 0 aromatic heterocycles. The van der Waals surface area contributed by atoms with Crippen LogP contribution in [0.3, 0.4) is 0 Å². The summed E-state index contributed by atoms with van der Waals surface area (Å²) >= 11 is 0. The number of aliphatic carboxylic acids is 2. The Balaban J connectivity index is 1.30. The fourth-order valence-electron chi connectivity index (χ4n) is 6.28. The Morgan fingerprint density at radius 2 is 1.14 bits per heavy atom. The van der Waals surface area contributed by atoms with Crippen LogP contribution in [0.15, 0.2) is 97.1 Å². The number of amides is 1. The van der Waals surface area contributed by atoms with Crippen molar-refractivity contribution in [3.05, 3.63) is 119 Å². The number of esters is 1. The summed E-state index contributed by atoms with van der Waals surface area (Å²) in [5.74, 6) is -4.35. The second-order valence-corrected chi connectivity index (χ2v) is 10.8. The van der Waals surface area contributed by atoms with Crippen molar-refractivity contribution in [1.29, 1.82) is 0 Å². The van der Waals surface area contributed by atoms with Crippen molar-refractivity contribution in [3.63, 3.8) is 0 Å². The number of nitrogens with one attached hydrogen (secondary N) is 1. The van der Waals surface area contributed by atoms with Crippen LogP contribution in [0.1, 0.15) is 46.9 Å². The lowest BCUT2D eigenvalue weighted by atomic mass is 9.91. The average Bonchev–Trinajstić information content (AvgIpc) is 3.53. The Morgan fingerprint density at radius 1 is 0.682 bits per heavy atom. The molecular weight excluding hydrogens is 562 g/mol. The second-order valence-electron chi connectivity index (χ2n) is 10.8. The first-order valence-electron chi connectivity index (χ1n) is 14.3. The number of rotatable bonds is 10. The summed E-state index contributed by atoms with van der Waals surface area (Å²) in [4.78, 5) is 49.9. The van der Waals surface area contributed by atoms with Gasteiger partial charge < -0.3 is 25.0 Å². The molecule has 0 saturated heterocycles. The molecule has 1 amide bonds. The van der Waals surface area contributed by atoms with E-state index in [0.717, 1.165) is 44.5 Å². The highest BCUT2D eigenvalue weighted by molar-refractivity contribution is 5.88. The molecule has 44 heavy (non-hydrogen) atoms. The summed E-state index contributed by atoms with van der Waals surface area (Å²) in [5.41, 5.74) is 7.48. The summed E-state index contributed by atoms with van der Waals surface area (Å²) in [7, 11) is 0. The van der Waals surface area contributed by atoms with Crippen LogP contribution in [-0.4, -0.2) is 53.0 Å². The molecule has 2 atom stereocenters. The van der Waals surface area contributed by atoms with Crippen LogP contribution in [0.25, 0.3) is 22.3 Å². The molecule has 222 valence electrons. The normalized spacial score (nSPS) is 14.4. The molecule has 9 heteroatoms. The molecule has 0 bridgehead atoms. The van der Waals surface area contributed by atoms with Crippen LogP contribution in [-0.2, 0) is 23.9 Å². The maximum Gasteiger partial charge on any atom is 0.408 e. The molecule has 4 aromatic carbocycles. The third kappa shape index (κ3) is 5.40. The lowest BCUT2D eigenvalue weighted by molar-refractivity contribution is -0.154. The molecule has 2 aliphatic carbocycles. The summed E-state index contributed by atoms with van der Waals surface area (Å²) in [6.45, 7) is 0.000710. The first-order chi connectivity index (χ1) is 21.3. The number of hydrogen-bond donors (Lipinski definition) is 3. The first-order valence-corrected chi connectivity index (χ1v) is 14.3. The highest BCUT2D eigenvalue weighted by atomic mass is 16.6. The van der Waals surface area contributed by atoms with Crippen molar-refractivity contribution in [2.24, 2.45) is 0 Å². The van der Waals surface area contributed by atoms with E-state index in [1.165, 1.54) is 0 Å². The highest BCUT2D eigenvalue weighted by Gasteiger charge is 2.42. The SMILES string of the molecule is O=C(O)CC[C@H](NC(=O)OC(C(=O)OCC1c2ccccc2-c2ccccc21)C1c2ccccc2-c2ccccc21)C(=O)O. The van der Waals surface area contributed by atoms with Crippen molar-refractivity contribution in [1.82, 2.24) is 5.32 Å². The van der Waals surface area contributed by atoms with Gasteiger partial charge in [0.25, 0.3) is 0 Å². The van der Waals surface area contributed by atoms with Crippen molar-refractivity contribution >= 4 is 24.0 Å². The largest absolute Gasteiger partial charge is 0.481 e. The Bertz CT molecular complexity index is 1670. The fourth-order valence-corrected chi connectivity index (χ4v) is 6.28. The summed E-state index contributed by atoms with van der Waals surface area (Å²) in [6, 6.07) is 29.3. The predicted octanol–water partition coefficient (Wildman–Crippen LogP) is 5.57. The fraction of sp³-hybridized carbons (Fsp3) is 0.200. The topological polar surface area (TPSA) is 139 Å². The Morgan fingerprint density at radius 3 is 1.61 bits per heavy atom. The van der Waals surface area contributed by atoms with E-state index in [-0.39, 0.29) is 18.9 Å². The molecule has 0 spiro atoms. The van der Waals surface area contributed by atoms with Gasteiger partial charge in [-0.1, -0.05) is 97.1 Å². The first kappa shape index (κ1) is 28.7. The average molecular weight is 592 g/mol. The molecule has 9 nitrogen and oxygen atoms in total. The van der Waals surface area contributed by atoms with Gasteiger partial charge in [-0.15, -0.1) is 0 Å². The van der Waals surface area contributed by atoms with Gasteiger partial charge in [0.15, 0.2) is 0 Å². The molecule has 0 fully saturated rings. The maximum absolute atomic E-state index is 14.0. The van der Waals surface area contributed by atoms with E-state index in [2.05, 4.69) is 5.32 Å². The van der Waals surface area contributed by atoms with Gasteiger partial charge in [0.2, 0.25) is 6.10 Å². The minimum absolute atomic E-state index is 0.000710. The minimum atomic E-state index is -1.52. The molecule has 4 aromatic rings. The van der Waals surface area contributed by atoms with Crippen molar-refractivity contribution in [3.8, 4) is 22.3 Å². The quantitative estimate of drug-likeness (QED) is 0.204. The van der Waals surface area contributed by atoms with Crippen molar-refractivity contribution in [2.45, 2.75) is 36.8 Å². The van der Waals surface area contributed by atoms with Gasteiger partial charge in [0.05, 0.1) is 5.92 Å². The van der Waals surface area contributed by atoms with Crippen LogP contribution in [0, 0.1) is 0 Å². The molecule has 0 heterocycles. The number of carbonyl (C=O) groups is 4. The smallest absolute Gasteiger partial charge is 0.408 e. The number of benzene rings is 4. The van der Waals surface area contributed by atoms with Crippen LogP contribution < -0.4 is 5.32 Å². The lowest BCUT2D eigenvalue weighted by Gasteiger charge is -2.26. The molecule has 6 rings (SSSR count). The minimum Gasteiger partial charge on any atom is -0.481 e. The van der Waals surface area contributed by atoms with Crippen LogP contribution in [0.5, 0.6) is 0 Å². The van der Waals surface area contributed by atoms with Gasteiger partial charge in [-0.05, 0) is 50.9 Å². The van der Waals surface area contributed by atoms with Crippen molar-refractivity contribution in [2.75, 3.05) is 6.61 Å².